The highest BCUT2D eigenvalue weighted by molar-refractivity contribution is 7.80. The lowest BCUT2D eigenvalue weighted by Crippen LogP contribution is -2.11. The predicted molar refractivity (Wildman–Crippen MR) is 43.4 cm³/mol. The lowest BCUT2D eigenvalue weighted by Gasteiger charge is -2.06. The van der Waals surface area contributed by atoms with Crippen molar-refractivity contribution in [3.63, 3.8) is 0 Å². The van der Waals surface area contributed by atoms with Crippen LogP contribution in [0.25, 0.3) is 0 Å². The number of benzene rings is 1. The first-order valence-electron chi connectivity index (χ1n) is 3.42. The number of rotatable bonds is 1. The molecule has 0 aliphatic rings. The molecule has 1 aromatic carbocycles. The van der Waals surface area contributed by atoms with Crippen LogP contribution < -0.4 is 0 Å². The van der Waals surface area contributed by atoms with Gasteiger partial charge in [0.05, 0.1) is 6.42 Å². The SMILES string of the molecule is Fc1cc(S)cc(CC(F)(F)F)c1. The van der Waals surface area contributed by atoms with Crippen LogP contribution in [0.4, 0.5) is 17.6 Å². The first-order chi connectivity index (χ1) is 5.87. The van der Waals surface area contributed by atoms with Crippen LogP contribution in [-0.2, 0) is 6.42 Å². The first-order valence-corrected chi connectivity index (χ1v) is 3.87. The largest absolute Gasteiger partial charge is 0.393 e. The molecule has 0 fully saturated rings. The molecule has 0 aromatic heterocycles. The van der Waals surface area contributed by atoms with Gasteiger partial charge in [0.1, 0.15) is 5.82 Å². The summed E-state index contributed by atoms with van der Waals surface area (Å²) in [6.45, 7) is 0. The summed E-state index contributed by atoms with van der Waals surface area (Å²) in [5.41, 5.74) is -0.113. The van der Waals surface area contributed by atoms with Gasteiger partial charge in [0.25, 0.3) is 0 Å². The molecule has 1 aromatic rings. The molecule has 0 aliphatic carbocycles. The van der Waals surface area contributed by atoms with Gasteiger partial charge in [-0.25, -0.2) is 4.39 Å². The second-order valence-corrected chi connectivity index (χ2v) is 3.13. The topological polar surface area (TPSA) is 0 Å². The number of hydrogen-bond acceptors (Lipinski definition) is 1. The van der Waals surface area contributed by atoms with Gasteiger partial charge in [0, 0.05) is 4.90 Å². The van der Waals surface area contributed by atoms with E-state index in [0.29, 0.717) is 0 Å². The summed E-state index contributed by atoms with van der Waals surface area (Å²) in [5, 5.41) is 0. The molecule has 0 radical (unpaired) electrons. The maximum Gasteiger partial charge on any atom is 0.393 e. The Kier molecular flexibility index (Phi) is 2.85. The summed E-state index contributed by atoms with van der Waals surface area (Å²) in [6, 6.07) is 3.11. The Labute approximate surface area is 78.0 Å². The molecule has 0 spiro atoms. The Morgan fingerprint density at radius 3 is 2.23 bits per heavy atom. The smallest absolute Gasteiger partial charge is 0.207 e. The minimum atomic E-state index is -4.31. The van der Waals surface area contributed by atoms with Gasteiger partial charge >= 0.3 is 6.18 Å². The van der Waals surface area contributed by atoms with Gasteiger partial charge in [-0.3, -0.25) is 0 Å². The fourth-order valence-electron chi connectivity index (χ4n) is 0.967. The van der Waals surface area contributed by atoms with Crippen LogP contribution in [0.15, 0.2) is 23.1 Å². The van der Waals surface area contributed by atoms with E-state index in [1.165, 1.54) is 6.07 Å². The normalized spacial score (nSPS) is 11.8. The van der Waals surface area contributed by atoms with Crippen LogP contribution in [0.5, 0.6) is 0 Å². The molecule has 0 heterocycles. The number of alkyl halides is 3. The van der Waals surface area contributed by atoms with Crippen molar-refractivity contribution in [3.05, 3.63) is 29.6 Å². The average Bonchev–Trinajstić information content (AvgIpc) is 1.78. The Morgan fingerprint density at radius 2 is 1.77 bits per heavy atom. The fraction of sp³-hybridized carbons (Fsp3) is 0.250. The first kappa shape index (κ1) is 10.4. The molecule has 0 aliphatic heterocycles. The van der Waals surface area contributed by atoms with E-state index >= 15 is 0 Å². The third-order valence-electron chi connectivity index (χ3n) is 1.35. The molecule has 5 heteroatoms. The summed E-state index contributed by atoms with van der Waals surface area (Å²) in [5.74, 6) is -0.702. The van der Waals surface area contributed by atoms with E-state index in [-0.39, 0.29) is 10.5 Å². The molecule has 0 nitrogen and oxygen atoms in total. The van der Waals surface area contributed by atoms with Crippen molar-refractivity contribution in [2.45, 2.75) is 17.5 Å². The minimum absolute atomic E-state index is 0.113. The number of thiol groups is 1. The summed E-state index contributed by atoms with van der Waals surface area (Å²) in [4.78, 5) is 0.194. The second-order valence-electron chi connectivity index (χ2n) is 2.61. The van der Waals surface area contributed by atoms with E-state index < -0.39 is 18.4 Å². The summed E-state index contributed by atoms with van der Waals surface area (Å²) in [6.07, 6.45) is -5.44. The van der Waals surface area contributed by atoms with Crippen molar-refractivity contribution in [2.75, 3.05) is 0 Å². The van der Waals surface area contributed by atoms with Gasteiger partial charge in [0.15, 0.2) is 0 Å². The summed E-state index contributed by atoms with van der Waals surface area (Å²) < 4.78 is 48.2. The van der Waals surface area contributed by atoms with Gasteiger partial charge in [-0.2, -0.15) is 13.2 Å². The molecular weight excluding hydrogens is 204 g/mol. The quantitative estimate of drug-likeness (QED) is 0.534. The van der Waals surface area contributed by atoms with E-state index in [1.54, 1.807) is 0 Å². The van der Waals surface area contributed by atoms with E-state index in [1.807, 2.05) is 0 Å². The molecule has 1 rings (SSSR count). The molecule has 0 saturated carbocycles. The molecule has 13 heavy (non-hydrogen) atoms. The molecule has 0 N–H and O–H groups in total. The van der Waals surface area contributed by atoms with Crippen LogP contribution in [-0.4, -0.2) is 6.18 Å². The molecule has 0 amide bonds. The highest BCUT2D eigenvalue weighted by Crippen LogP contribution is 2.23. The zero-order valence-electron chi connectivity index (χ0n) is 6.40. The van der Waals surface area contributed by atoms with Crippen LogP contribution in [0.3, 0.4) is 0 Å². The van der Waals surface area contributed by atoms with E-state index in [0.717, 1.165) is 12.1 Å². The zero-order chi connectivity index (χ0) is 10.1. The third-order valence-corrected chi connectivity index (χ3v) is 1.61. The van der Waals surface area contributed by atoms with Crippen molar-refractivity contribution in [1.29, 1.82) is 0 Å². The average molecular weight is 210 g/mol. The van der Waals surface area contributed by atoms with Gasteiger partial charge in [-0.1, -0.05) is 0 Å². The van der Waals surface area contributed by atoms with Crippen LogP contribution in [0.2, 0.25) is 0 Å². The van der Waals surface area contributed by atoms with Gasteiger partial charge in [0.2, 0.25) is 0 Å². The van der Waals surface area contributed by atoms with E-state index in [9.17, 15) is 17.6 Å². The molecule has 72 valence electrons. The predicted octanol–water partition coefficient (Wildman–Crippen LogP) is 3.22. The maximum atomic E-state index is 12.6. The van der Waals surface area contributed by atoms with Gasteiger partial charge < -0.3 is 0 Å². The molecule has 0 bridgehead atoms. The number of halogens is 4. The van der Waals surface area contributed by atoms with Crippen LogP contribution in [0.1, 0.15) is 5.56 Å². The lowest BCUT2D eigenvalue weighted by molar-refractivity contribution is -0.127. The van der Waals surface area contributed by atoms with Gasteiger partial charge in [-0.15, -0.1) is 12.6 Å². The molecule has 0 saturated heterocycles. The highest BCUT2D eigenvalue weighted by Gasteiger charge is 2.27. The Hall–Kier alpha value is -0.710. The van der Waals surface area contributed by atoms with Crippen molar-refractivity contribution >= 4 is 12.6 Å². The lowest BCUT2D eigenvalue weighted by atomic mass is 10.1. The molecule has 0 atom stereocenters. The minimum Gasteiger partial charge on any atom is -0.207 e. The standard InChI is InChI=1S/C8H6F4S/c9-6-1-5(2-7(13)3-6)4-8(10,11)12/h1-3,13H,4H2. The second kappa shape index (κ2) is 3.57. The fourth-order valence-corrected chi connectivity index (χ4v) is 1.26. The van der Waals surface area contributed by atoms with Crippen LogP contribution in [0, 0.1) is 5.82 Å². The van der Waals surface area contributed by atoms with Crippen molar-refractivity contribution in [2.24, 2.45) is 0 Å². The van der Waals surface area contributed by atoms with Crippen molar-refractivity contribution < 1.29 is 17.6 Å². The summed E-state index contributed by atoms with van der Waals surface area (Å²) >= 11 is 3.77. The van der Waals surface area contributed by atoms with E-state index in [4.69, 9.17) is 0 Å². The van der Waals surface area contributed by atoms with Gasteiger partial charge in [-0.05, 0) is 23.8 Å². The Morgan fingerprint density at radius 1 is 1.15 bits per heavy atom. The summed E-state index contributed by atoms with van der Waals surface area (Å²) in [7, 11) is 0. The highest BCUT2D eigenvalue weighted by atomic mass is 32.1. The Bertz CT molecular complexity index is 285. The zero-order valence-corrected chi connectivity index (χ0v) is 7.29. The monoisotopic (exact) mass is 210 g/mol. The van der Waals surface area contributed by atoms with Crippen molar-refractivity contribution in [1.82, 2.24) is 0 Å². The van der Waals surface area contributed by atoms with Crippen molar-refractivity contribution in [3.8, 4) is 0 Å². The Balaban J connectivity index is 2.90. The molecular formula is C8H6F4S. The van der Waals surface area contributed by atoms with E-state index in [2.05, 4.69) is 12.6 Å². The van der Waals surface area contributed by atoms with Crippen LogP contribution >= 0.6 is 12.6 Å². The third kappa shape index (κ3) is 3.67. The molecule has 0 unspecified atom stereocenters. The number of hydrogen-bond donors (Lipinski definition) is 1. The maximum absolute atomic E-state index is 12.6.